The summed E-state index contributed by atoms with van der Waals surface area (Å²) >= 11 is 0. The number of fused-ring (bicyclic) bond motifs is 2. The van der Waals surface area contributed by atoms with Crippen molar-refractivity contribution in [3.63, 3.8) is 0 Å². The molecule has 0 spiro atoms. The lowest BCUT2D eigenvalue weighted by Gasteiger charge is -2.29. The maximum atomic E-state index is 14.3. The second kappa shape index (κ2) is 20.9. The van der Waals surface area contributed by atoms with Crippen LogP contribution in [0.1, 0.15) is 52.2 Å². The third-order valence-electron chi connectivity index (χ3n) is 10.2. The lowest BCUT2D eigenvalue weighted by Crippen LogP contribution is -2.62. The first-order valence-corrected chi connectivity index (χ1v) is 19.5. The van der Waals surface area contributed by atoms with E-state index in [9.17, 15) is 43.8 Å². The van der Waals surface area contributed by atoms with Crippen molar-refractivity contribution in [2.24, 2.45) is 17.6 Å². The molecule has 318 valence electrons. The third kappa shape index (κ3) is 12.1. The van der Waals surface area contributed by atoms with Crippen molar-refractivity contribution in [1.82, 2.24) is 41.9 Å². The molecule has 0 aliphatic rings. The molecule has 6 amide bonds. The number of aromatic nitrogens is 2. The zero-order valence-electron chi connectivity index (χ0n) is 33.8. The van der Waals surface area contributed by atoms with Gasteiger partial charge in [-0.2, -0.15) is 0 Å². The van der Waals surface area contributed by atoms with Crippen LogP contribution in [0.3, 0.4) is 0 Å². The van der Waals surface area contributed by atoms with Crippen molar-refractivity contribution >= 4 is 63.2 Å². The number of carbonyl (C=O) groups is 7. The third-order valence-corrected chi connectivity index (χ3v) is 10.2. The average Bonchev–Trinajstić information content (AvgIpc) is 3.82. The SMILES string of the molecule is CCC(C)[C@@H](NC(=O)CNC(=O)CN)C(=O)N[C@H](Cc1c[nH]c2ccccc12)C(=O)N[C@@H](C(=O)N[C@H](Cc1c[nH]c2ccccc12)C(=O)N[C@@H](C(=O)O)C(C)C)C(C)O. The highest BCUT2D eigenvalue weighted by molar-refractivity contribution is 5.97. The number of aromatic amines is 2. The minimum absolute atomic E-state index is 0.0790. The molecule has 2 aromatic heterocycles. The quantitative estimate of drug-likeness (QED) is 0.0539. The van der Waals surface area contributed by atoms with Gasteiger partial charge in [-0.1, -0.05) is 70.5 Å². The highest BCUT2D eigenvalue weighted by atomic mass is 16.4. The number of H-pyrrole nitrogens is 2. The van der Waals surface area contributed by atoms with E-state index in [2.05, 4.69) is 41.9 Å². The summed E-state index contributed by atoms with van der Waals surface area (Å²) in [4.78, 5) is 98.7. The molecule has 4 rings (SSSR count). The first-order valence-electron chi connectivity index (χ1n) is 19.5. The summed E-state index contributed by atoms with van der Waals surface area (Å²) in [6, 6.07) is 7.80. The van der Waals surface area contributed by atoms with Crippen molar-refractivity contribution in [1.29, 1.82) is 0 Å². The van der Waals surface area contributed by atoms with Gasteiger partial charge in [-0.3, -0.25) is 28.8 Å². The predicted molar refractivity (Wildman–Crippen MR) is 219 cm³/mol. The molecule has 2 aromatic carbocycles. The van der Waals surface area contributed by atoms with E-state index < -0.39 is 96.1 Å². The normalized spacial score (nSPS) is 14.9. The number of rotatable bonds is 21. The minimum Gasteiger partial charge on any atom is -0.480 e. The summed E-state index contributed by atoms with van der Waals surface area (Å²) in [6.45, 7) is 7.29. The average molecular weight is 818 g/mol. The fraction of sp³-hybridized carbons (Fsp3) is 0.439. The highest BCUT2D eigenvalue weighted by Gasteiger charge is 2.36. The van der Waals surface area contributed by atoms with Crippen LogP contribution in [0.2, 0.25) is 0 Å². The number of nitrogens with two attached hydrogens (primary N) is 1. The molecule has 12 N–H and O–H groups in total. The number of carboxylic acids is 1. The summed E-state index contributed by atoms with van der Waals surface area (Å²) in [5.41, 5.74) is 8.13. The van der Waals surface area contributed by atoms with E-state index in [4.69, 9.17) is 5.73 Å². The molecule has 0 saturated carbocycles. The van der Waals surface area contributed by atoms with Crippen LogP contribution in [0.25, 0.3) is 21.8 Å². The molecule has 2 heterocycles. The van der Waals surface area contributed by atoms with Gasteiger partial charge < -0.3 is 57.8 Å². The molecule has 2 unspecified atom stereocenters. The number of hydrogen-bond acceptors (Lipinski definition) is 9. The van der Waals surface area contributed by atoms with Crippen LogP contribution in [0.5, 0.6) is 0 Å². The van der Waals surface area contributed by atoms with Crippen LogP contribution < -0.4 is 37.6 Å². The molecule has 59 heavy (non-hydrogen) atoms. The number of aliphatic hydroxyl groups excluding tert-OH is 1. The smallest absolute Gasteiger partial charge is 0.326 e. The molecule has 4 aromatic rings. The van der Waals surface area contributed by atoms with Gasteiger partial charge in [0, 0.05) is 47.0 Å². The van der Waals surface area contributed by atoms with Crippen LogP contribution in [-0.2, 0) is 46.4 Å². The number of carbonyl (C=O) groups excluding carboxylic acids is 6. The number of benzene rings is 2. The fourth-order valence-electron chi connectivity index (χ4n) is 6.59. The van der Waals surface area contributed by atoms with E-state index in [-0.39, 0.29) is 19.4 Å². The molecular formula is C41H55N9O9. The largest absolute Gasteiger partial charge is 0.480 e. The Morgan fingerprint density at radius 2 is 1.12 bits per heavy atom. The number of para-hydroxylation sites is 2. The standard InChI is InChI=1S/C41H55N9O9/c1-6-22(4)35(48-33(53)20-45-32(52)17-42)39(56)46-31(16-25-19-44-29-14-10-8-12-27(25)29)38(55)50-36(23(5)51)40(57)47-30(37(54)49-34(21(2)3)41(58)59)15-24-18-43-28-13-9-7-11-26(24)28/h7-14,18-19,21-23,30-31,34-36,43-44,51H,6,15-17,20,42H2,1-5H3,(H,45,52)(H,46,56)(H,47,57)(H,48,53)(H,49,54)(H,50,55)(H,58,59)/t22?,23?,30-,31-,34-,35-,36-/m1/s1. The van der Waals surface area contributed by atoms with Gasteiger partial charge in [0.05, 0.1) is 19.2 Å². The van der Waals surface area contributed by atoms with E-state index in [0.29, 0.717) is 17.5 Å². The summed E-state index contributed by atoms with van der Waals surface area (Å²) < 4.78 is 0. The van der Waals surface area contributed by atoms with Crippen LogP contribution >= 0.6 is 0 Å². The minimum atomic E-state index is -1.65. The number of aliphatic hydroxyl groups is 1. The first kappa shape index (κ1) is 45.4. The molecule has 18 heteroatoms. The number of hydrogen-bond donors (Lipinski definition) is 11. The van der Waals surface area contributed by atoms with Crippen molar-refractivity contribution in [3.05, 3.63) is 72.1 Å². The fourth-order valence-corrected chi connectivity index (χ4v) is 6.59. The van der Waals surface area contributed by atoms with E-state index in [1.165, 1.54) is 6.92 Å². The van der Waals surface area contributed by atoms with Crippen molar-refractivity contribution < 1.29 is 43.8 Å². The highest BCUT2D eigenvalue weighted by Crippen LogP contribution is 2.21. The van der Waals surface area contributed by atoms with Crippen LogP contribution in [0.15, 0.2) is 60.9 Å². The Labute approximate surface area is 341 Å². The second-order valence-corrected chi connectivity index (χ2v) is 15.0. The Kier molecular flexibility index (Phi) is 16.1. The van der Waals surface area contributed by atoms with Gasteiger partial charge in [-0.15, -0.1) is 0 Å². The molecule has 0 bridgehead atoms. The van der Waals surface area contributed by atoms with Crippen molar-refractivity contribution in [3.8, 4) is 0 Å². The van der Waals surface area contributed by atoms with Gasteiger partial charge in [0.15, 0.2) is 0 Å². The first-order chi connectivity index (χ1) is 28.0. The summed E-state index contributed by atoms with van der Waals surface area (Å²) in [5, 5.41) is 37.6. The molecular weight excluding hydrogens is 763 g/mol. The predicted octanol–water partition coefficient (Wildman–Crippen LogP) is 0.101. The molecule has 7 atom stereocenters. The lowest BCUT2D eigenvalue weighted by molar-refractivity contribution is -0.143. The van der Waals surface area contributed by atoms with Crippen LogP contribution in [0, 0.1) is 11.8 Å². The molecule has 0 saturated heterocycles. The monoisotopic (exact) mass is 817 g/mol. The molecule has 0 fully saturated rings. The van der Waals surface area contributed by atoms with Crippen molar-refractivity contribution in [2.45, 2.75) is 90.2 Å². The lowest BCUT2D eigenvalue weighted by atomic mass is 9.97. The molecule has 0 aliphatic heterocycles. The van der Waals surface area contributed by atoms with Gasteiger partial charge in [-0.25, -0.2) is 4.79 Å². The van der Waals surface area contributed by atoms with Gasteiger partial charge in [-0.05, 0) is 42.0 Å². The van der Waals surface area contributed by atoms with E-state index >= 15 is 0 Å². The topological polar surface area (TPSA) is 290 Å². The summed E-state index contributed by atoms with van der Waals surface area (Å²) in [7, 11) is 0. The molecule has 18 nitrogen and oxygen atoms in total. The Bertz CT molecular complexity index is 2130. The van der Waals surface area contributed by atoms with E-state index in [1.54, 1.807) is 39.2 Å². The number of aliphatic carboxylic acids is 1. The van der Waals surface area contributed by atoms with Gasteiger partial charge in [0.25, 0.3) is 0 Å². The Balaban J connectivity index is 1.62. The number of carboxylic acid groups (broad SMARTS) is 1. The van der Waals surface area contributed by atoms with Gasteiger partial charge in [0.2, 0.25) is 35.4 Å². The zero-order chi connectivity index (χ0) is 43.4. The summed E-state index contributed by atoms with van der Waals surface area (Å²) in [6.07, 6.45) is 2.13. The van der Waals surface area contributed by atoms with Crippen molar-refractivity contribution in [2.75, 3.05) is 13.1 Å². The maximum Gasteiger partial charge on any atom is 0.326 e. The van der Waals surface area contributed by atoms with E-state index in [1.807, 2.05) is 49.4 Å². The van der Waals surface area contributed by atoms with Gasteiger partial charge >= 0.3 is 5.97 Å². The van der Waals surface area contributed by atoms with Gasteiger partial charge in [0.1, 0.15) is 30.2 Å². The zero-order valence-corrected chi connectivity index (χ0v) is 33.8. The number of amides is 6. The van der Waals surface area contributed by atoms with Crippen LogP contribution in [0.4, 0.5) is 0 Å². The van der Waals surface area contributed by atoms with Crippen LogP contribution in [-0.4, -0.2) is 111 Å². The Morgan fingerprint density at radius 1 is 0.644 bits per heavy atom. The Morgan fingerprint density at radius 3 is 1.56 bits per heavy atom. The molecule has 0 radical (unpaired) electrons. The summed E-state index contributed by atoms with van der Waals surface area (Å²) in [5.74, 6) is -6.75. The number of nitrogens with one attached hydrogen (secondary N) is 8. The maximum absolute atomic E-state index is 14.3. The molecule has 0 aliphatic carbocycles. The van der Waals surface area contributed by atoms with E-state index in [0.717, 1.165) is 21.8 Å². The second-order valence-electron chi connectivity index (χ2n) is 15.0. The Hall–Kier alpha value is -6.27.